The first-order valence-electron chi connectivity index (χ1n) is 12.1. The van der Waals surface area contributed by atoms with Crippen LogP contribution in [-0.4, -0.2) is 43.6 Å². The second-order valence-electron chi connectivity index (χ2n) is 9.31. The molecule has 0 spiro atoms. The van der Waals surface area contributed by atoms with E-state index in [4.69, 9.17) is 0 Å². The number of hydrogen-bond acceptors (Lipinski definition) is 1. The summed E-state index contributed by atoms with van der Waals surface area (Å²) in [6.07, 6.45) is 15.8. The maximum atomic E-state index is 11.4. The molecule has 0 aliphatic rings. The molecule has 28 heavy (non-hydrogen) atoms. The van der Waals surface area contributed by atoms with Gasteiger partial charge in [0, 0.05) is 25.8 Å². The molecule has 0 radical (unpaired) electrons. The van der Waals surface area contributed by atoms with Crippen LogP contribution in [0.15, 0.2) is 12.7 Å². The highest BCUT2D eigenvalue weighted by atomic mass is 16.1. The number of nitrogens with zero attached hydrogens (tertiary/aromatic N) is 1. The Bertz CT molecular complexity index is 387. The lowest BCUT2D eigenvalue weighted by molar-refractivity contribution is -0.916. The van der Waals surface area contributed by atoms with Crippen LogP contribution in [0.2, 0.25) is 0 Å². The van der Waals surface area contributed by atoms with Gasteiger partial charge in [0.05, 0.1) is 26.7 Å². The van der Waals surface area contributed by atoms with Gasteiger partial charge in [-0.05, 0) is 17.9 Å². The van der Waals surface area contributed by atoms with Crippen molar-refractivity contribution in [3.05, 3.63) is 12.7 Å². The standard InChI is InChI=1S/C25H50N2O/c1-8-13-16-22(10-3)20-24(21-23(11-4)17-14-9-2)27(6,7)19-15-18-26-25(28)12-5/h12,22-24H,5,8-11,13-21H2,1-4,6-7H3/p+1. The molecule has 0 aromatic carbocycles. The number of hydrogen-bond donors (Lipinski definition) is 1. The molecular formula is C25H51N2O+. The smallest absolute Gasteiger partial charge is 0.243 e. The fraction of sp³-hybridized carbons (Fsp3) is 0.880. The number of amides is 1. The van der Waals surface area contributed by atoms with Gasteiger partial charge in [0.2, 0.25) is 5.91 Å². The summed E-state index contributed by atoms with van der Waals surface area (Å²) in [5.74, 6) is 1.65. The van der Waals surface area contributed by atoms with Crippen LogP contribution in [0.25, 0.3) is 0 Å². The van der Waals surface area contributed by atoms with Crippen LogP contribution in [0, 0.1) is 11.8 Å². The molecule has 2 unspecified atom stereocenters. The van der Waals surface area contributed by atoms with Crippen LogP contribution in [0.3, 0.4) is 0 Å². The van der Waals surface area contributed by atoms with Crippen LogP contribution in [0.5, 0.6) is 0 Å². The Balaban J connectivity index is 5.02. The number of quaternary nitrogens is 1. The topological polar surface area (TPSA) is 29.1 Å². The minimum atomic E-state index is -0.0573. The lowest BCUT2D eigenvalue weighted by atomic mass is 9.84. The molecule has 166 valence electrons. The quantitative estimate of drug-likeness (QED) is 0.164. The molecule has 0 saturated heterocycles. The van der Waals surface area contributed by atoms with Crippen molar-refractivity contribution in [3.63, 3.8) is 0 Å². The van der Waals surface area contributed by atoms with E-state index < -0.39 is 0 Å². The Morgan fingerprint density at radius 2 is 1.43 bits per heavy atom. The van der Waals surface area contributed by atoms with Gasteiger partial charge < -0.3 is 9.80 Å². The second kappa shape index (κ2) is 16.0. The number of carbonyl (C=O) groups is 1. The average Bonchev–Trinajstić information content (AvgIpc) is 2.69. The molecule has 3 heteroatoms. The summed E-state index contributed by atoms with van der Waals surface area (Å²) in [6, 6.07) is 0.721. The van der Waals surface area contributed by atoms with Crippen LogP contribution in [-0.2, 0) is 4.79 Å². The van der Waals surface area contributed by atoms with Crippen LogP contribution < -0.4 is 5.32 Å². The monoisotopic (exact) mass is 395 g/mol. The van der Waals surface area contributed by atoms with Crippen LogP contribution in [0.1, 0.15) is 98.3 Å². The molecule has 2 atom stereocenters. The third-order valence-corrected chi connectivity index (χ3v) is 6.68. The van der Waals surface area contributed by atoms with Crippen molar-refractivity contribution in [2.24, 2.45) is 11.8 Å². The predicted molar refractivity (Wildman–Crippen MR) is 124 cm³/mol. The normalized spacial score (nSPS) is 15.1. The molecular weight excluding hydrogens is 344 g/mol. The van der Waals surface area contributed by atoms with E-state index >= 15 is 0 Å². The summed E-state index contributed by atoms with van der Waals surface area (Å²) < 4.78 is 1.08. The zero-order valence-electron chi connectivity index (χ0n) is 20.1. The lowest BCUT2D eigenvalue weighted by Gasteiger charge is -2.41. The molecule has 0 aromatic heterocycles. The predicted octanol–water partition coefficient (Wildman–Crippen LogP) is 6.34. The van der Waals surface area contributed by atoms with Gasteiger partial charge in [0.15, 0.2) is 0 Å². The van der Waals surface area contributed by atoms with Gasteiger partial charge in [-0.25, -0.2) is 0 Å². The SMILES string of the molecule is C=CC(=O)NCCC[N+](C)(C)C(CC(CC)CCCC)CC(CC)CCCC. The van der Waals surface area contributed by atoms with Crippen molar-refractivity contribution in [3.8, 4) is 0 Å². The van der Waals surface area contributed by atoms with Crippen molar-refractivity contribution in [2.45, 2.75) is 104 Å². The Morgan fingerprint density at radius 3 is 1.82 bits per heavy atom. The summed E-state index contributed by atoms with van der Waals surface area (Å²) in [5.41, 5.74) is 0. The molecule has 0 heterocycles. The van der Waals surface area contributed by atoms with Gasteiger partial charge in [-0.3, -0.25) is 4.79 Å². The fourth-order valence-corrected chi connectivity index (χ4v) is 4.35. The Morgan fingerprint density at radius 1 is 0.929 bits per heavy atom. The Labute approximate surface area is 176 Å². The summed E-state index contributed by atoms with van der Waals surface area (Å²) in [4.78, 5) is 11.4. The molecule has 0 aliphatic carbocycles. The molecule has 0 saturated carbocycles. The van der Waals surface area contributed by atoms with Gasteiger partial charge in [-0.2, -0.15) is 0 Å². The fourth-order valence-electron chi connectivity index (χ4n) is 4.35. The van der Waals surface area contributed by atoms with E-state index in [0.29, 0.717) is 0 Å². The molecule has 3 nitrogen and oxygen atoms in total. The maximum absolute atomic E-state index is 11.4. The summed E-state index contributed by atoms with van der Waals surface area (Å²) in [5, 5.41) is 2.94. The van der Waals surface area contributed by atoms with Crippen molar-refractivity contribution in [2.75, 3.05) is 27.2 Å². The maximum Gasteiger partial charge on any atom is 0.243 e. The second-order valence-corrected chi connectivity index (χ2v) is 9.31. The lowest BCUT2D eigenvalue weighted by Crippen LogP contribution is -2.51. The zero-order chi connectivity index (χ0) is 21.4. The molecule has 0 bridgehead atoms. The first-order chi connectivity index (χ1) is 13.3. The number of nitrogens with one attached hydrogen (secondary N) is 1. The molecule has 0 aromatic rings. The first-order valence-corrected chi connectivity index (χ1v) is 12.1. The minimum Gasteiger partial charge on any atom is -0.352 e. The van der Waals surface area contributed by atoms with E-state index in [-0.39, 0.29) is 5.91 Å². The zero-order valence-corrected chi connectivity index (χ0v) is 20.1. The summed E-state index contributed by atoms with van der Waals surface area (Å²) >= 11 is 0. The van der Waals surface area contributed by atoms with Crippen LogP contribution in [0.4, 0.5) is 0 Å². The van der Waals surface area contributed by atoms with Gasteiger partial charge in [-0.15, -0.1) is 0 Å². The number of unbranched alkanes of at least 4 members (excludes halogenated alkanes) is 2. The highest BCUT2D eigenvalue weighted by molar-refractivity contribution is 5.86. The van der Waals surface area contributed by atoms with E-state index in [0.717, 1.165) is 41.9 Å². The van der Waals surface area contributed by atoms with Crippen molar-refractivity contribution < 1.29 is 9.28 Å². The molecule has 0 aliphatic heterocycles. The van der Waals surface area contributed by atoms with Gasteiger partial charge >= 0.3 is 0 Å². The Kier molecular flexibility index (Phi) is 15.5. The van der Waals surface area contributed by atoms with E-state index in [1.807, 2.05) is 0 Å². The average molecular weight is 396 g/mol. The largest absolute Gasteiger partial charge is 0.352 e. The number of rotatable bonds is 18. The summed E-state index contributed by atoms with van der Waals surface area (Å²) in [6.45, 7) is 14.8. The van der Waals surface area contributed by atoms with Gasteiger partial charge in [-0.1, -0.05) is 85.6 Å². The van der Waals surface area contributed by atoms with E-state index in [1.165, 1.54) is 70.3 Å². The minimum absolute atomic E-state index is 0.0573. The van der Waals surface area contributed by atoms with E-state index in [9.17, 15) is 4.79 Å². The first kappa shape index (κ1) is 27.2. The third kappa shape index (κ3) is 11.9. The third-order valence-electron chi connectivity index (χ3n) is 6.68. The Hall–Kier alpha value is -0.830. The van der Waals surface area contributed by atoms with Crippen molar-refractivity contribution in [1.29, 1.82) is 0 Å². The van der Waals surface area contributed by atoms with E-state index in [1.54, 1.807) is 0 Å². The molecule has 0 rings (SSSR count). The van der Waals surface area contributed by atoms with E-state index in [2.05, 4.69) is 53.7 Å². The highest BCUT2D eigenvalue weighted by Crippen LogP contribution is 2.30. The molecule has 1 N–H and O–H groups in total. The van der Waals surface area contributed by atoms with Crippen molar-refractivity contribution >= 4 is 5.91 Å². The van der Waals surface area contributed by atoms with Crippen LogP contribution >= 0.6 is 0 Å². The number of carbonyl (C=O) groups excluding carboxylic acids is 1. The van der Waals surface area contributed by atoms with Crippen molar-refractivity contribution in [1.82, 2.24) is 5.32 Å². The summed E-state index contributed by atoms with van der Waals surface area (Å²) in [7, 11) is 4.83. The van der Waals surface area contributed by atoms with Gasteiger partial charge in [0.25, 0.3) is 0 Å². The highest BCUT2D eigenvalue weighted by Gasteiger charge is 2.31. The molecule has 0 fully saturated rings. The van der Waals surface area contributed by atoms with Gasteiger partial charge in [0.1, 0.15) is 0 Å². The molecule has 1 amide bonds.